The zero-order valence-corrected chi connectivity index (χ0v) is 11.0. The van der Waals surface area contributed by atoms with Gasteiger partial charge in [-0.1, -0.05) is 0 Å². The molecule has 90 valence electrons. The van der Waals surface area contributed by atoms with Gasteiger partial charge in [-0.3, -0.25) is 0 Å². The molecule has 3 nitrogen and oxygen atoms in total. The largest absolute Gasteiger partial charge is 0.314 e. The van der Waals surface area contributed by atoms with Crippen molar-refractivity contribution < 1.29 is 0 Å². The summed E-state index contributed by atoms with van der Waals surface area (Å²) in [5.41, 5.74) is 1.21. The second kappa shape index (κ2) is 5.75. The van der Waals surface area contributed by atoms with Gasteiger partial charge in [0.1, 0.15) is 0 Å². The molecule has 1 aromatic rings. The number of hydrogen-bond donors (Lipinski definition) is 1. The number of nitrogens with zero attached hydrogens (tertiary/aromatic N) is 2. The van der Waals surface area contributed by atoms with E-state index in [4.69, 9.17) is 0 Å². The Morgan fingerprint density at radius 1 is 1.62 bits per heavy atom. The molecule has 16 heavy (non-hydrogen) atoms. The summed E-state index contributed by atoms with van der Waals surface area (Å²) in [4.78, 5) is 6.86. The van der Waals surface area contributed by atoms with Gasteiger partial charge in [0, 0.05) is 18.0 Å². The first-order chi connectivity index (χ1) is 7.74. The van der Waals surface area contributed by atoms with Crippen LogP contribution in [0.4, 0.5) is 0 Å². The SMILES string of the molecule is Cc1nc(CN(C)CCC2CCCN2)cs1. The number of aryl methyl sites for hydroxylation is 1. The summed E-state index contributed by atoms with van der Waals surface area (Å²) in [5, 5.41) is 6.87. The summed E-state index contributed by atoms with van der Waals surface area (Å²) in [6.07, 6.45) is 3.96. The van der Waals surface area contributed by atoms with Gasteiger partial charge in [-0.2, -0.15) is 0 Å². The lowest BCUT2D eigenvalue weighted by Crippen LogP contribution is -2.28. The molecule has 1 aliphatic rings. The number of rotatable bonds is 5. The van der Waals surface area contributed by atoms with Gasteiger partial charge in [-0.05, 0) is 46.3 Å². The predicted molar refractivity (Wildman–Crippen MR) is 68.8 cm³/mol. The molecule has 2 rings (SSSR count). The van der Waals surface area contributed by atoms with Crippen LogP contribution >= 0.6 is 11.3 Å². The minimum absolute atomic E-state index is 0.750. The molecule has 2 heterocycles. The molecule has 4 heteroatoms. The van der Waals surface area contributed by atoms with Gasteiger partial charge >= 0.3 is 0 Å². The van der Waals surface area contributed by atoms with Crippen molar-refractivity contribution in [1.82, 2.24) is 15.2 Å². The quantitative estimate of drug-likeness (QED) is 0.852. The molecule has 0 aliphatic carbocycles. The average Bonchev–Trinajstić information content (AvgIpc) is 2.87. The van der Waals surface area contributed by atoms with E-state index in [0.29, 0.717) is 0 Å². The van der Waals surface area contributed by atoms with E-state index in [1.807, 2.05) is 0 Å². The van der Waals surface area contributed by atoms with E-state index >= 15 is 0 Å². The maximum atomic E-state index is 4.49. The van der Waals surface area contributed by atoms with E-state index in [1.54, 1.807) is 11.3 Å². The van der Waals surface area contributed by atoms with Gasteiger partial charge in [-0.15, -0.1) is 11.3 Å². The third-order valence-electron chi connectivity index (χ3n) is 3.12. The van der Waals surface area contributed by atoms with E-state index < -0.39 is 0 Å². The summed E-state index contributed by atoms with van der Waals surface area (Å²) in [5.74, 6) is 0. The predicted octanol–water partition coefficient (Wildman–Crippen LogP) is 2.03. The van der Waals surface area contributed by atoms with Crippen molar-refractivity contribution >= 4 is 11.3 Å². The third kappa shape index (κ3) is 3.54. The van der Waals surface area contributed by atoms with Crippen molar-refractivity contribution in [2.75, 3.05) is 20.1 Å². The van der Waals surface area contributed by atoms with Crippen LogP contribution in [-0.2, 0) is 6.54 Å². The summed E-state index contributed by atoms with van der Waals surface area (Å²) < 4.78 is 0. The van der Waals surface area contributed by atoms with Crippen LogP contribution in [0, 0.1) is 6.92 Å². The van der Waals surface area contributed by atoms with Crippen LogP contribution in [0.1, 0.15) is 30.0 Å². The Bertz CT molecular complexity index is 318. The maximum Gasteiger partial charge on any atom is 0.0897 e. The van der Waals surface area contributed by atoms with Gasteiger partial charge in [0.15, 0.2) is 0 Å². The van der Waals surface area contributed by atoms with Crippen LogP contribution in [0.3, 0.4) is 0 Å². The van der Waals surface area contributed by atoms with Crippen molar-refractivity contribution in [3.63, 3.8) is 0 Å². The minimum atomic E-state index is 0.750. The van der Waals surface area contributed by atoms with Crippen LogP contribution in [0.25, 0.3) is 0 Å². The average molecular weight is 239 g/mol. The topological polar surface area (TPSA) is 28.2 Å². The number of nitrogens with one attached hydrogen (secondary N) is 1. The van der Waals surface area contributed by atoms with E-state index in [1.165, 1.54) is 36.5 Å². The number of thiazole rings is 1. The highest BCUT2D eigenvalue weighted by Crippen LogP contribution is 2.12. The zero-order chi connectivity index (χ0) is 11.4. The molecule has 0 amide bonds. The Balaban J connectivity index is 1.69. The second-order valence-corrected chi connectivity index (χ2v) is 5.74. The minimum Gasteiger partial charge on any atom is -0.314 e. The lowest BCUT2D eigenvalue weighted by atomic mass is 10.1. The number of hydrogen-bond acceptors (Lipinski definition) is 4. The van der Waals surface area contributed by atoms with Crippen molar-refractivity contribution in [1.29, 1.82) is 0 Å². The Kier molecular flexibility index (Phi) is 4.32. The summed E-state index contributed by atoms with van der Waals surface area (Å²) in [6.45, 7) is 5.42. The van der Waals surface area contributed by atoms with Gasteiger partial charge < -0.3 is 10.2 Å². The Labute approximate surface area is 102 Å². The standard InChI is InChI=1S/C12H21N3S/c1-10-14-12(9-16-10)8-15(2)7-5-11-4-3-6-13-11/h9,11,13H,3-8H2,1-2H3. The molecule has 1 saturated heterocycles. The van der Waals surface area contributed by atoms with Gasteiger partial charge in [0.05, 0.1) is 10.7 Å². The van der Waals surface area contributed by atoms with E-state index in [9.17, 15) is 0 Å². The molecule has 1 aromatic heterocycles. The third-order valence-corrected chi connectivity index (χ3v) is 3.94. The van der Waals surface area contributed by atoms with Gasteiger partial charge in [-0.25, -0.2) is 4.98 Å². The van der Waals surface area contributed by atoms with E-state index in [2.05, 4.69) is 34.6 Å². The fourth-order valence-electron chi connectivity index (χ4n) is 2.22. The lowest BCUT2D eigenvalue weighted by Gasteiger charge is -2.18. The molecule has 1 aliphatic heterocycles. The second-order valence-electron chi connectivity index (χ2n) is 4.68. The van der Waals surface area contributed by atoms with E-state index in [0.717, 1.165) is 19.1 Å². The first kappa shape index (κ1) is 12.0. The molecule has 1 fully saturated rings. The maximum absolute atomic E-state index is 4.49. The Hall–Kier alpha value is -0.450. The highest BCUT2D eigenvalue weighted by molar-refractivity contribution is 7.09. The highest BCUT2D eigenvalue weighted by atomic mass is 32.1. The van der Waals surface area contributed by atoms with Crippen molar-refractivity contribution in [2.24, 2.45) is 0 Å². The van der Waals surface area contributed by atoms with Crippen molar-refractivity contribution in [3.8, 4) is 0 Å². The fraction of sp³-hybridized carbons (Fsp3) is 0.750. The molecule has 0 saturated carbocycles. The van der Waals surface area contributed by atoms with Crippen molar-refractivity contribution in [3.05, 3.63) is 16.1 Å². The molecule has 0 bridgehead atoms. The molecule has 0 aromatic carbocycles. The lowest BCUT2D eigenvalue weighted by molar-refractivity contribution is 0.303. The van der Waals surface area contributed by atoms with Gasteiger partial charge in [0.25, 0.3) is 0 Å². The zero-order valence-electron chi connectivity index (χ0n) is 10.2. The molecular weight excluding hydrogens is 218 g/mol. The van der Waals surface area contributed by atoms with Crippen LogP contribution < -0.4 is 5.32 Å². The molecule has 1 unspecified atom stereocenters. The monoisotopic (exact) mass is 239 g/mol. The summed E-state index contributed by atoms with van der Waals surface area (Å²) >= 11 is 1.74. The summed E-state index contributed by atoms with van der Waals surface area (Å²) in [7, 11) is 2.18. The first-order valence-corrected chi connectivity index (χ1v) is 6.95. The normalized spacial score (nSPS) is 20.8. The first-order valence-electron chi connectivity index (χ1n) is 6.07. The molecule has 1 N–H and O–H groups in total. The Morgan fingerprint density at radius 3 is 3.12 bits per heavy atom. The van der Waals surface area contributed by atoms with E-state index in [-0.39, 0.29) is 0 Å². The van der Waals surface area contributed by atoms with Gasteiger partial charge in [0.2, 0.25) is 0 Å². The van der Waals surface area contributed by atoms with Crippen LogP contribution in [0.15, 0.2) is 5.38 Å². The molecule has 0 radical (unpaired) electrons. The van der Waals surface area contributed by atoms with Crippen molar-refractivity contribution in [2.45, 2.75) is 38.8 Å². The molecule has 0 spiro atoms. The fourth-order valence-corrected chi connectivity index (χ4v) is 2.82. The smallest absolute Gasteiger partial charge is 0.0897 e. The van der Waals surface area contributed by atoms with Crippen LogP contribution in [0.2, 0.25) is 0 Å². The Morgan fingerprint density at radius 2 is 2.50 bits per heavy atom. The molecular formula is C12H21N3S. The van der Waals surface area contributed by atoms with Crippen LogP contribution in [-0.4, -0.2) is 36.1 Å². The number of aromatic nitrogens is 1. The van der Waals surface area contributed by atoms with Crippen LogP contribution in [0.5, 0.6) is 0 Å². The molecule has 1 atom stereocenters. The summed E-state index contributed by atoms with van der Waals surface area (Å²) in [6, 6.07) is 0.750. The highest BCUT2D eigenvalue weighted by Gasteiger charge is 2.14.